The van der Waals surface area contributed by atoms with E-state index < -0.39 is 0 Å². The van der Waals surface area contributed by atoms with Crippen LogP contribution in [0.3, 0.4) is 0 Å². The van der Waals surface area contributed by atoms with Crippen molar-refractivity contribution in [2.24, 2.45) is 0 Å². The van der Waals surface area contributed by atoms with Crippen molar-refractivity contribution in [3.8, 4) is 5.75 Å². The third kappa shape index (κ3) is 6.10. The average Bonchev–Trinajstić information content (AvgIpc) is 2.99. The first kappa shape index (κ1) is 19.4. The first-order valence-corrected chi connectivity index (χ1v) is 9.96. The van der Waals surface area contributed by atoms with Crippen molar-refractivity contribution in [3.05, 3.63) is 65.5 Å². The number of carbonyl (C=O) groups excluding carboxylic acids is 2. The number of unbranched alkanes of at least 4 members (excludes halogenated alkanes) is 2. The molecule has 2 aromatic rings. The molecule has 1 N–H and O–H groups in total. The molecule has 3 rings (SSSR count). The zero-order valence-corrected chi connectivity index (χ0v) is 15.8. The molecule has 142 valence electrons. The number of hydrogen-bond acceptors (Lipinski definition) is 4. The summed E-state index contributed by atoms with van der Waals surface area (Å²) < 4.78 is 18.6. The van der Waals surface area contributed by atoms with Crippen LogP contribution in [0.4, 0.5) is 9.18 Å². The molecule has 1 atom stereocenters. The zero-order valence-electron chi connectivity index (χ0n) is 14.9. The van der Waals surface area contributed by atoms with Crippen LogP contribution in [-0.2, 0) is 17.8 Å². The van der Waals surface area contributed by atoms with E-state index in [9.17, 15) is 14.0 Å². The molecular weight excluding hydrogens is 365 g/mol. The summed E-state index contributed by atoms with van der Waals surface area (Å²) >= 11 is 1.10. The summed E-state index contributed by atoms with van der Waals surface area (Å²) in [6, 6.07) is 14.3. The van der Waals surface area contributed by atoms with Gasteiger partial charge in [0, 0.05) is 0 Å². The first-order chi connectivity index (χ1) is 13.1. The maximum atomic E-state index is 12.9. The van der Waals surface area contributed by atoms with E-state index in [4.69, 9.17) is 4.74 Å². The molecular formula is C21H22FNO3S. The molecule has 1 aliphatic heterocycles. The Labute approximate surface area is 162 Å². The average molecular weight is 387 g/mol. The van der Waals surface area contributed by atoms with Crippen LogP contribution >= 0.6 is 11.8 Å². The van der Waals surface area contributed by atoms with E-state index in [1.807, 2.05) is 12.1 Å². The fourth-order valence-corrected chi connectivity index (χ4v) is 3.79. The van der Waals surface area contributed by atoms with Crippen molar-refractivity contribution < 1.29 is 18.7 Å². The lowest BCUT2D eigenvalue weighted by Crippen LogP contribution is -2.24. The molecule has 1 heterocycles. The number of benzene rings is 2. The SMILES string of the molecule is O=C1NC(=O)C(CCCCCc2ccc(OCc3ccc(F)cc3)cc2)S1. The predicted molar refractivity (Wildman–Crippen MR) is 104 cm³/mol. The van der Waals surface area contributed by atoms with Gasteiger partial charge in [0.05, 0.1) is 5.25 Å². The quantitative estimate of drug-likeness (QED) is 0.625. The Morgan fingerprint density at radius 1 is 0.926 bits per heavy atom. The summed E-state index contributed by atoms with van der Waals surface area (Å²) in [5.41, 5.74) is 2.17. The number of thioether (sulfide) groups is 1. The molecule has 0 spiro atoms. The number of hydrogen-bond donors (Lipinski definition) is 1. The third-order valence-corrected chi connectivity index (χ3v) is 5.49. The molecule has 1 saturated heterocycles. The Morgan fingerprint density at radius 2 is 1.63 bits per heavy atom. The Balaban J connectivity index is 1.33. The van der Waals surface area contributed by atoms with Gasteiger partial charge < -0.3 is 4.74 Å². The maximum Gasteiger partial charge on any atom is 0.286 e. The molecule has 2 aromatic carbocycles. The summed E-state index contributed by atoms with van der Waals surface area (Å²) in [7, 11) is 0. The van der Waals surface area contributed by atoms with E-state index in [-0.39, 0.29) is 22.2 Å². The van der Waals surface area contributed by atoms with Crippen LogP contribution < -0.4 is 10.1 Å². The highest BCUT2D eigenvalue weighted by atomic mass is 32.2. The van der Waals surface area contributed by atoms with E-state index in [1.54, 1.807) is 12.1 Å². The fraction of sp³-hybridized carbons (Fsp3) is 0.333. The first-order valence-electron chi connectivity index (χ1n) is 9.08. The number of rotatable bonds is 9. The van der Waals surface area contributed by atoms with Crippen molar-refractivity contribution in [2.75, 3.05) is 0 Å². The van der Waals surface area contributed by atoms with E-state index in [0.717, 1.165) is 55.2 Å². The molecule has 0 aromatic heterocycles. The number of carbonyl (C=O) groups is 2. The third-order valence-electron chi connectivity index (χ3n) is 4.44. The van der Waals surface area contributed by atoms with Crippen LogP contribution in [0.2, 0.25) is 0 Å². The molecule has 1 aliphatic rings. The summed E-state index contributed by atoms with van der Waals surface area (Å²) in [5.74, 6) is 0.389. The summed E-state index contributed by atoms with van der Waals surface area (Å²) in [6.45, 7) is 0.412. The Hall–Kier alpha value is -2.34. The molecule has 1 fully saturated rings. The van der Waals surface area contributed by atoms with E-state index >= 15 is 0 Å². The number of imide groups is 1. The van der Waals surface area contributed by atoms with Gasteiger partial charge in [-0.2, -0.15) is 0 Å². The Morgan fingerprint density at radius 3 is 2.30 bits per heavy atom. The molecule has 0 radical (unpaired) electrons. The lowest BCUT2D eigenvalue weighted by molar-refractivity contribution is -0.119. The topological polar surface area (TPSA) is 55.4 Å². The second kappa shape index (κ2) is 9.55. The van der Waals surface area contributed by atoms with Gasteiger partial charge in [0.15, 0.2) is 0 Å². The van der Waals surface area contributed by atoms with Crippen molar-refractivity contribution in [1.82, 2.24) is 5.32 Å². The van der Waals surface area contributed by atoms with E-state index in [0.29, 0.717) is 6.61 Å². The fourth-order valence-electron chi connectivity index (χ4n) is 2.92. The Bertz CT molecular complexity index is 777. The number of amides is 2. The lowest BCUT2D eigenvalue weighted by atomic mass is 10.1. The highest BCUT2D eigenvalue weighted by Gasteiger charge is 2.30. The minimum atomic E-state index is -0.248. The van der Waals surface area contributed by atoms with Crippen LogP contribution in [0.1, 0.15) is 36.8 Å². The largest absolute Gasteiger partial charge is 0.489 e. The Kier molecular flexibility index (Phi) is 6.87. The maximum absolute atomic E-state index is 12.9. The minimum absolute atomic E-state index is 0.152. The van der Waals surface area contributed by atoms with Crippen LogP contribution in [-0.4, -0.2) is 16.4 Å². The van der Waals surface area contributed by atoms with Gasteiger partial charge in [0.2, 0.25) is 5.91 Å². The van der Waals surface area contributed by atoms with E-state index in [2.05, 4.69) is 17.4 Å². The lowest BCUT2D eigenvalue weighted by Gasteiger charge is -2.08. The monoisotopic (exact) mass is 387 g/mol. The minimum Gasteiger partial charge on any atom is -0.489 e. The van der Waals surface area contributed by atoms with Crippen molar-refractivity contribution in [3.63, 3.8) is 0 Å². The van der Waals surface area contributed by atoms with Gasteiger partial charge in [-0.25, -0.2) is 4.39 Å². The molecule has 0 bridgehead atoms. The van der Waals surface area contributed by atoms with E-state index in [1.165, 1.54) is 17.7 Å². The molecule has 6 heteroatoms. The van der Waals surface area contributed by atoms with Gasteiger partial charge >= 0.3 is 0 Å². The summed E-state index contributed by atoms with van der Waals surface area (Å²) in [4.78, 5) is 22.6. The second-order valence-corrected chi connectivity index (χ2v) is 7.72. The van der Waals surface area contributed by atoms with Crippen molar-refractivity contribution in [1.29, 1.82) is 0 Å². The van der Waals surface area contributed by atoms with Crippen LogP contribution in [0.25, 0.3) is 0 Å². The molecule has 1 unspecified atom stereocenters. The molecule has 0 saturated carbocycles. The van der Waals surface area contributed by atoms with Gasteiger partial charge in [-0.15, -0.1) is 0 Å². The van der Waals surface area contributed by atoms with Gasteiger partial charge in [-0.3, -0.25) is 14.9 Å². The van der Waals surface area contributed by atoms with Crippen LogP contribution in [0, 0.1) is 5.82 Å². The molecule has 4 nitrogen and oxygen atoms in total. The summed E-state index contributed by atoms with van der Waals surface area (Å²) in [5, 5.41) is 1.88. The highest BCUT2D eigenvalue weighted by Crippen LogP contribution is 2.24. The number of halogens is 1. The highest BCUT2D eigenvalue weighted by molar-refractivity contribution is 8.15. The standard InChI is InChI=1S/C21H22FNO3S/c22-17-10-6-16(7-11-17)14-26-18-12-8-15(9-13-18)4-2-1-3-5-19-20(24)23-21(25)27-19/h6-13,19H,1-5,14H2,(H,23,24,25). The number of aryl methyl sites for hydroxylation is 1. The van der Waals surface area contributed by atoms with Gasteiger partial charge in [-0.1, -0.05) is 48.9 Å². The van der Waals surface area contributed by atoms with Crippen molar-refractivity contribution in [2.45, 2.75) is 44.0 Å². The molecule has 2 amide bonds. The number of ether oxygens (including phenoxy) is 1. The number of nitrogens with one attached hydrogen (secondary N) is 1. The van der Waals surface area contributed by atoms with Crippen LogP contribution in [0.15, 0.2) is 48.5 Å². The predicted octanol–water partition coefficient (Wildman–Crippen LogP) is 4.86. The normalized spacial score (nSPS) is 16.4. The summed E-state index contributed by atoms with van der Waals surface area (Å²) in [6.07, 6.45) is 4.74. The molecule has 27 heavy (non-hydrogen) atoms. The van der Waals surface area contributed by atoms with Gasteiger partial charge in [0.25, 0.3) is 5.24 Å². The van der Waals surface area contributed by atoms with Gasteiger partial charge in [-0.05, 0) is 54.7 Å². The molecule has 0 aliphatic carbocycles. The zero-order chi connectivity index (χ0) is 19.1. The smallest absolute Gasteiger partial charge is 0.286 e. The van der Waals surface area contributed by atoms with Crippen LogP contribution in [0.5, 0.6) is 5.75 Å². The second-order valence-electron chi connectivity index (χ2n) is 6.54. The van der Waals surface area contributed by atoms with Crippen molar-refractivity contribution >= 4 is 22.9 Å². The van der Waals surface area contributed by atoms with Gasteiger partial charge in [0.1, 0.15) is 18.2 Å².